The van der Waals surface area contributed by atoms with E-state index < -0.39 is 26.6 Å². The molecule has 3 unspecified atom stereocenters. The molecule has 66 heavy (non-hydrogen) atoms. The van der Waals surface area contributed by atoms with Crippen LogP contribution in [0.3, 0.4) is 0 Å². The Morgan fingerprint density at radius 3 is 1.41 bits per heavy atom. The van der Waals surface area contributed by atoms with E-state index in [-0.39, 0.29) is 18.9 Å². The highest BCUT2D eigenvalue weighted by molar-refractivity contribution is 7.45. The van der Waals surface area contributed by atoms with Crippen molar-refractivity contribution in [2.75, 3.05) is 40.9 Å². The third kappa shape index (κ3) is 48.6. The minimum absolute atomic E-state index is 0.0253. The summed E-state index contributed by atoms with van der Waals surface area (Å²) in [7, 11) is 1.18. The number of hydrogen-bond acceptors (Lipinski definition) is 6. The van der Waals surface area contributed by atoms with Crippen LogP contribution in [0, 0.1) is 0 Å². The predicted octanol–water partition coefficient (Wildman–Crippen LogP) is 14.6. The van der Waals surface area contributed by atoms with Gasteiger partial charge in [0.15, 0.2) is 0 Å². The van der Waals surface area contributed by atoms with Gasteiger partial charge < -0.3 is 28.8 Å². The lowest BCUT2D eigenvalue weighted by Gasteiger charge is -2.29. The molecule has 0 radical (unpaired) electrons. The molecule has 1 amide bonds. The van der Waals surface area contributed by atoms with Crippen molar-refractivity contribution in [3.8, 4) is 0 Å². The molecule has 0 saturated carbocycles. The number of quaternary nitrogens is 1. The minimum atomic E-state index is -4.63. The molecule has 0 aromatic rings. The smallest absolute Gasteiger partial charge is 0.268 e. The number of aliphatic hydroxyl groups is 1. The number of allylic oxidation sites excluding steroid dienone is 21. The predicted molar refractivity (Wildman–Crippen MR) is 283 cm³/mol. The Bertz CT molecular complexity index is 1530. The molecule has 0 aliphatic rings. The summed E-state index contributed by atoms with van der Waals surface area (Å²) in [4.78, 5) is 25.4. The number of phosphoric acid groups is 1. The van der Waals surface area contributed by atoms with E-state index in [1.165, 1.54) is 57.8 Å². The molecule has 0 aliphatic carbocycles. The van der Waals surface area contributed by atoms with Gasteiger partial charge in [-0.05, 0) is 96.3 Å². The van der Waals surface area contributed by atoms with E-state index in [0.717, 1.165) is 83.5 Å². The number of phosphoric ester groups is 1. The zero-order valence-electron chi connectivity index (χ0n) is 42.3. The summed E-state index contributed by atoms with van der Waals surface area (Å²) >= 11 is 0. The van der Waals surface area contributed by atoms with Crippen molar-refractivity contribution in [2.24, 2.45) is 0 Å². The van der Waals surface area contributed by atoms with E-state index in [0.29, 0.717) is 17.4 Å². The summed E-state index contributed by atoms with van der Waals surface area (Å²) in [5.41, 5.74) is 0. The van der Waals surface area contributed by atoms with E-state index in [2.05, 4.69) is 141 Å². The number of nitrogens with one attached hydrogen (secondary N) is 1. The second-order valence-corrected chi connectivity index (χ2v) is 19.2. The lowest BCUT2D eigenvalue weighted by Crippen LogP contribution is -2.45. The molecule has 9 heteroatoms. The normalized spacial score (nSPS) is 15.2. The van der Waals surface area contributed by atoms with Gasteiger partial charge in [0.25, 0.3) is 7.82 Å². The molecule has 0 heterocycles. The molecule has 0 fully saturated rings. The third-order valence-corrected chi connectivity index (χ3v) is 11.3. The number of aliphatic hydroxyl groups excluding tert-OH is 1. The summed E-state index contributed by atoms with van der Waals surface area (Å²) in [6.45, 7) is 4.43. The van der Waals surface area contributed by atoms with Gasteiger partial charge in [-0.15, -0.1) is 0 Å². The van der Waals surface area contributed by atoms with Gasteiger partial charge in [-0.2, -0.15) is 0 Å². The second kappa shape index (κ2) is 46.7. The quantitative estimate of drug-likeness (QED) is 0.0273. The number of rotatable bonds is 44. The van der Waals surface area contributed by atoms with Crippen LogP contribution in [0.25, 0.3) is 0 Å². The van der Waals surface area contributed by atoms with Crippen LogP contribution in [0.1, 0.15) is 168 Å². The first-order chi connectivity index (χ1) is 32.0. The van der Waals surface area contributed by atoms with Crippen molar-refractivity contribution < 1.29 is 32.9 Å². The van der Waals surface area contributed by atoms with E-state index in [4.69, 9.17) is 9.05 Å². The highest BCUT2D eigenvalue weighted by Gasteiger charge is 2.23. The molecule has 0 saturated heterocycles. The Balaban J connectivity index is 4.47. The summed E-state index contributed by atoms with van der Waals surface area (Å²) in [6, 6.07) is -0.944. The molecule has 2 N–H and O–H groups in total. The molecule has 0 bridgehead atoms. The average Bonchev–Trinajstić information content (AvgIpc) is 3.28. The van der Waals surface area contributed by atoms with Gasteiger partial charge in [-0.1, -0.05) is 199 Å². The van der Waals surface area contributed by atoms with Gasteiger partial charge in [0.2, 0.25) is 5.91 Å². The molecule has 374 valence electrons. The van der Waals surface area contributed by atoms with E-state index >= 15 is 0 Å². The van der Waals surface area contributed by atoms with Gasteiger partial charge in [0.1, 0.15) is 13.2 Å². The maximum Gasteiger partial charge on any atom is 0.268 e. The van der Waals surface area contributed by atoms with Crippen molar-refractivity contribution in [1.29, 1.82) is 0 Å². The van der Waals surface area contributed by atoms with Crippen LogP contribution in [0.4, 0.5) is 0 Å². The van der Waals surface area contributed by atoms with Crippen LogP contribution in [0.2, 0.25) is 0 Å². The Morgan fingerprint density at radius 1 is 0.545 bits per heavy atom. The Hall–Kier alpha value is -3.36. The maximum atomic E-state index is 12.9. The lowest BCUT2D eigenvalue weighted by atomic mass is 10.1. The summed E-state index contributed by atoms with van der Waals surface area (Å²) in [5.74, 6) is -0.272. The fourth-order valence-electron chi connectivity index (χ4n) is 6.34. The van der Waals surface area contributed by atoms with Crippen LogP contribution in [0.5, 0.6) is 0 Å². The van der Waals surface area contributed by atoms with Crippen molar-refractivity contribution in [3.05, 3.63) is 134 Å². The van der Waals surface area contributed by atoms with Crippen molar-refractivity contribution in [3.63, 3.8) is 0 Å². The molecule has 0 aromatic heterocycles. The number of unbranched alkanes of at least 4 members (excludes halogenated alkanes) is 11. The van der Waals surface area contributed by atoms with Crippen molar-refractivity contribution in [1.82, 2.24) is 5.32 Å². The first-order valence-electron chi connectivity index (χ1n) is 25.5. The maximum absolute atomic E-state index is 12.9. The lowest BCUT2D eigenvalue weighted by molar-refractivity contribution is -0.870. The summed E-state index contributed by atoms with van der Waals surface area (Å²) in [5, 5.41) is 13.7. The molecule has 0 aliphatic heterocycles. The Kier molecular flexibility index (Phi) is 44.4. The molecular weight excluding hydrogens is 840 g/mol. The zero-order chi connectivity index (χ0) is 48.5. The number of carbonyl (C=O) groups is 1. The van der Waals surface area contributed by atoms with Gasteiger partial charge in [0.05, 0.1) is 39.9 Å². The van der Waals surface area contributed by atoms with Gasteiger partial charge in [-0.25, -0.2) is 0 Å². The van der Waals surface area contributed by atoms with Crippen LogP contribution >= 0.6 is 7.82 Å². The molecule has 0 spiro atoms. The number of nitrogens with zero attached hydrogens (tertiary/aromatic N) is 1. The van der Waals surface area contributed by atoms with E-state index in [9.17, 15) is 19.4 Å². The van der Waals surface area contributed by atoms with Crippen molar-refractivity contribution in [2.45, 2.75) is 180 Å². The average molecular weight is 935 g/mol. The number of carbonyl (C=O) groups excluding carboxylic acids is 1. The van der Waals surface area contributed by atoms with Crippen LogP contribution in [-0.2, 0) is 18.4 Å². The zero-order valence-corrected chi connectivity index (χ0v) is 43.2. The van der Waals surface area contributed by atoms with Crippen LogP contribution in [-0.4, -0.2) is 68.5 Å². The van der Waals surface area contributed by atoms with E-state index in [1.807, 2.05) is 27.2 Å². The number of amides is 1. The number of likely N-dealkylation sites (N-methyl/N-ethyl adjacent to an activating group) is 1. The van der Waals surface area contributed by atoms with Gasteiger partial charge in [0, 0.05) is 6.42 Å². The van der Waals surface area contributed by atoms with Crippen LogP contribution < -0.4 is 10.2 Å². The highest BCUT2D eigenvalue weighted by Crippen LogP contribution is 2.38. The minimum Gasteiger partial charge on any atom is -0.756 e. The van der Waals surface area contributed by atoms with Gasteiger partial charge in [-0.3, -0.25) is 9.36 Å². The van der Waals surface area contributed by atoms with Crippen LogP contribution in [0.15, 0.2) is 134 Å². The Morgan fingerprint density at radius 2 is 0.939 bits per heavy atom. The van der Waals surface area contributed by atoms with E-state index in [1.54, 1.807) is 6.08 Å². The fourth-order valence-corrected chi connectivity index (χ4v) is 7.07. The standard InChI is InChI=1S/C57H95N2O6P/c1-6-8-10-12-14-16-18-20-22-23-24-25-26-27-28-29-30-31-32-33-34-35-37-39-41-43-45-47-49-51-57(61)58-55(54-65-66(62,63)64-53-52-59(3,4)5)56(60)50-48-46-44-42-40-38-36-21-19-17-15-13-11-9-7-2/h8,10,14,16,20,22,24-25,27-28,30-31,33-34,37,39-40,42-43,45,48,50,55-56,60H,6-7,9,11-13,15,17-19,21,23,26,29,32,35-36,38,41,44,46-47,49,51-54H2,1-5H3,(H-,58,61,62,63)/b10-8-,16-14-,22-20-,25-24-,28-27-,31-30-,34-33-,39-37-,42-40+,45-43-,50-48+. The first-order valence-corrected chi connectivity index (χ1v) is 27.0. The fraction of sp³-hybridized carbons (Fsp3) is 0.596. The molecule has 0 rings (SSSR count). The highest BCUT2D eigenvalue weighted by atomic mass is 31.2. The van der Waals surface area contributed by atoms with Gasteiger partial charge >= 0.3 is 0 Å². The monoisotopic (exact) mass is 935 g/mol. The first kappa shape index (κ1) is 62.6. The molecule has 3 atom stereocenters. The summed E-state index contributed by atoms with van der Waals surface area (Å²) < 4.78 is 23.2. The SMILES string of the molecule is CC/C=C\C/C=C\C/C=C\C/C=C\C/C=C\C/C=C\C/C=C\C/C=C\C/C=C\CCCC(=O)NC(COP(=O)([O-])OCC[N+](C)(C)C)C(O)/C=C/CC/C=C/CCCCCCCCCCC. The largest absolute Gasteiger partial charge is 0.756 e. The molecule has 8 nitrogen and oxygen atoms in total. The second-order valence-electron chi connectivity index (χ2n) is 17.8. The Labute approximate surface area is 405 Å². The third-order valence-electron chi connectivity index (χ3n) is 10.3. The summed E-state index contributed by atoms with van der Waals surface area (Å²) in [6.07, 6.45) is 70.9. The number of hydrogen-bond donors (Lipinski definition) is 2. The molecule has 0 aromatic carbocycles. The topological polar surface area (TPSA) is 108 Å². The molecular formula is C57H95N2O6P. The van der Waals surface area contributed by atoms with Crippen molar-refractivity contribution >= 4 is 13.7 Å².